The van der Waals surface area contributed by atoms with Crippen LogP contribution < -0.4 is 0 Å². The first-order chi connectivity index (χ1) is 7.36. The average Bonchev–Trinajstić information content (AvgIpc) is 2.64. The summed E-state index contributed by atoms with van der Waals surface area (Å²) in [5, 5.41) is 0.119. The van der Waals surface area contributed by atoms with Crippen molar-refractivity contribution in [3.05, 3.63) is 16.3 Å². The van der Waals surface area contributed by atoms with Gasteiger partial charge in [-0.1, -0.05) is 6.92 Å². The van der Waals surface area contributed by atoms with Crippen LogP contribution >= 0.6 is 22.0 Å². The molecule has 0 spiro atoms. The van der Waals surface area contributed by atoms with Gasteiger partial charge in [-0.2, -0.15) is 0 Å². The van der Waals surface area contributed by atoms with Crippen molar-refractivity contribution in [2.45, 2.75) is 32.2 Å². The van der Waals surface area contributed by atoms with Crippen molar-refractivity contribution in [1.29, 1.82) is 0 Å². The van der Waals surface area contributed by atoms with Crippen LogP contribution in [0.5, 0.6) is 0 Å². The maximum absolute atomic E-state index is 11.6. The smallest absolute Gasteiger partial charge is 0.277 e. The van der Waals surface area contributed by atoms with E-state index < -0.39 is 9.05 Å². The van der Waals surface area contributed by atoms with E-state index in [1.807, 2.05) is 20.8 Å². The van der Waals surface area contributed by atoms with Crippen LogP contribution in [-0.4, -0.2) is 17.8 Å². The van der Waals surface area contributed by atoms with E-state index in [-0.39, 0.29) is 5.03 Å². The Balaban J connectivity index is 2.96. The van der Waals surface area contributed by atoms with Crippen LogP contribution in [0.1, 0.15) is 23.2 Å². The molecule has 7 heteroatoms. The minimum Gasteiger partial charge on any atom is -0.277 e. The fraction of sp³-hybridized carbons (Fsp3) is 0.444. The summed E-state index contributed by atoms with van der Waals surface area (Å²) in [6.07, 6.45) is 0.550. The maximum Gasteiger partial charge on any atom is 0.279 e. The first kappa shape index (κ1) is 11.9. The van der Waals surface area contributed by atoms with Crippen molar-refractivity contribution in [2.24, 2.45) is 0 Å². The summed E-state index contributed by atoms with van der Waals surface area (Å²) in [5.74, 6) is 0. The van der Waals surface area contributed by atoms with Crippen LogP contribution in [0.2, 0.25) is 0 Å². The van der Waals surface area contributed by atoms with Gasteiger partial charge in [-0.25, -0.2) is 13.4 Å². The SMILES string of the molecule is CCc1nc2sc(C)c(C)n2c1S(=O)(=O)Cl. The van der Waals surface area contributed by atoms with Gasteiger partial charge in [0.15, 0.2) is 9.99 Å². The van der Waals surface area contributed by atoms with E-state index in [0.29, 0.717) is 17.1 Å². The van der Waals surface area contributed by atoms with Crippen molar-refractivity contribution in [3.63, 3.8) is 0 Å². The second kappa shape index (κ2) is 3.72. The summed E-state index contributed by atoms with van der Waals surface area (Å²) < 4.78 is 24.7. The maximum atomic E-state index is 11.6. The van der Waals surface area contributed by atoms with Crippen molar-refractivity contribution >= 4 is 36.0 Å². The van der Waals surface area contributed by atoms with Gasteiger partial charge in [0.05, 0.1) is 5.69 Å². The second-order valence-electron chi connectivity index (χ2n) is 3.52. The monoisotopic (exact) mass is 278 g/mol. The van der Waals surface area contributed by atoms with Gasteiger partial charge >= 0.3 is 0 Å². The molecule has 0 saturated heterocycles. The summed E-state index contributed by atoms with van der Waals surface area (Å²) in [4.78, 5) is 6.03. The molecule has 0 unspecified atom stereocenters. The molecule has 2 aromatic heterocycles. The number of hydrogen-bond acceptors (Lipinski definition) is 4. The molecule has 0 aliphatic rings. The molecule has 0 bridgehead atoms. The van der Waals surface area contributed by atoms with Gasteiger partial charge in [-0.15, -0.1) is 11.3 Å². The number of hydrogen-bond donors (Lipinski definition) is 0. The molecule has 88 valence electrons. The third kappa shape index (κ3) is 1.65. The Morgan fingerprint density at radius 1 is 1.44 bits per heavy atom. The molecule has 0 amide bonds. The lowest BCUT2D eigenvalue weighted by atomic mass is 10.4. The average molecular weight is 279 g/mol. The molecule has 0 fully saturated rings. The number of fused-ring (bicyclic) bond motifs is 1. The lowest BCUT2D eigenvalue weighted by molar-refractivity contribution is 0.603. The van der Waals surface area contributed by atoms with Crippen LogP contribution in [0.15, 0.2) is 5.03 Å². The number of aryl methyl sites for hydroxylation is 3. The van der Waals surface area contributed by atoms with Crippen LogP contribution in [-0.2, 0) is 15.5 Å². The summed E-state index contributed by atoms with van der Waals surface area (Å²) in [5.41, 5.74) is 1.41. The van der Waals surface area contributed by atoms with Crippen molar-refractivity contribution in [3.8, 4) is 0 Å². The van der Waals surface area contributed by atoms with E-state index in [1.54, 1.807) is 4.40 Å². The van der Waals surface area contributed by atoms with Crippen LogP contribution in [0.25, 0.3) is 4.96 Å². The summed E-state index contributed by atoms with van der Waals surface area (Å²) in [6, 6.07) is 0. The van der Waals surface area contributed by atoms with Gasteiger partial charge in [-0.3, -0.25) is 4.40 Å². The largest absolute Gasteiger partial charge is 0.279 e. The normalized spacial score (nSPS) is 12.5. The van der Waals surface area contributed by atoms with Gasteiger partial charge < -0.3 is 0 Å². The minimum atomic E-state index is -3.76. The molecule has 2 aromatic rings. The molecule has 0 aromatic carbocycles. The van der Waals surface area contributed by atoms with E-state index in [9.17, 15) is 8.42 Å². The molecule has 0 radical (unpaired) electrons. The molecule has 4 nitrogen and oxygen atoms in total. The molecule has 0 N–H and O–H groups in total. The van der Waals surface area contributed by atoms with Crippen LogP contribution in [0.4, 0.5) is 0 Å². The van der Waals surface area contributed by atoms with Gasteiger partial charge in [0, 0.05) is 21.3 Å². The zero-order valence-electron chi connectivity index (χ0n) is 9.11. The van der Waals surface area contributed by atoms with Gasteiger partial charge in [0.2, 0.25) is 0 Å². The number of nitrogens with zero attached hydrogens (tertiary/aromatic N) is 2. The summed E-state index contributed by atoms with van der Waals surface area (Å²) in [6.45, 7) is 5.66. The Morgan fingerprint density at radius 2 is 2.06 bits per heavy atom. The quantitative estimate of drug-likeness (QED) is 0.793. The van der Waals surface area contributed by atoms with Gasteiger partial charge in [0.25, 0.3) is 9.05 Å². The Hall–Kier alpha value is -0.590. The molecule has 0 saturated carbocycles. The van der Waals surface area contributed by atoms with Crippen molar-refractivity contribution in [2.75, 3.05) is 0 Å². The van der Waals surface area contributed by atoms with Crippen LogP contribution in [0.3, 0.4) is 0 Å². The highest BCUT2D eigenvalue weighted by Crippen LogP contribution is 2.29. The van der Waals surface area contributed by atoms with Gasteiger partial charge in [0.1, 0.15) is 0 Å². The predicted molar refractivity (Wildman–Crippen MR) is 65.0 cm³/mol. The highest BCUT2D eigenvalue weighted by Gasteiger charge is 2.24. The fourth-order valence-corrected chi connectivity index (χ4v) is 4.07. The van der Waals surface area contributed by atoms with E-state index in [2.05, 4.69) is 4.98 Å². The number of thiazole rings is 1. The first-order valence-corrected chi connectivity index (χ1v) is 7.90. The third-order valence-electron chi connectivity index (χ3n) is 2.53. The Labute approximate surface area is 102 Å². The molecule has 2 heterocycles. The Morgan fingerprint density at radius 3 is 2.56 bits per heavy atom. The zero-order chi connectivity index (χ0) is 12.1. The Kier molecular flexibility index (Phi) is 2.76. The second-order valence-corrected chi connectivity index (χ2v) is 7.18. The zero-order valence-corrected chi connectivity index (χ0v) is 11.5. The van der Waals surface area contributed by atoms with Gasteiger partial charge in [-0.05, 0) is 20.3 Å². The molecule has 0 aliphatic heterocycles. The molecule has 2 rings (SSSR count). The highest BCUT2D eigenvalue weighted by molar-refractivity contribution is 8.13. The van der Waals surface area contributed by atoms with Crippen molar-refractivity contribution in [1.82, 2.24) is 9.38 Å². The number of rotatable bonds is 2. The van der Waals surface area contributed by atoms with Crippen LogP contribution in [0, 0.1) is 13.8 Å². The Bertz CT molecular complexity index is 655. The predicted octanol–water partition coefficient (Wildman–Crippen LogP) is 2.50. The fourth-order valence-electron chi connectivity index (χ4n) is 1.64. The van der Waals surface area contributed by atoms with E-state index in [1.165, 1.54) is 11.3 Å². The molecule has 0 aliphatic carbocycles. The number of halogens is 1. The molecule has 0 atom stereocenters. The van der Waals surface area contributed by atoms with Crippen molar-refractivity contribution < 1.29 is 8.42 Å². The van der Waals surface area contributed by atoms with E-state index >= 15 is 0 Å². The minimum absolute atomic E-state index is 0.119. The lowest BCUT2D eigenvalue weighted by Gasteiger charge is -1.99. The topological polar surface area (TPSA) is 51.4 Å². The molecular weight excluding hydrogens is 268 g/mol. The molecular formula is C9H11ClN2O2S2. The van der Waals surface area contributed by atoms with E-state index in [4.69, 9.17) is 10.7 Å². The lowest BCUT2D eigenvalue weighted by Crippen LogP contribution is -2.01. The first-order valence-electron chi connectivity index (χ1n) is 4.78. The highest BCUT2D eigenvalue weighted by atomic mass is 35.7. The van der Waals surface area contributed by atoms with E-state index in [0.717, 1.165) is 10.6 Å². The summed E-state index contributed by atoms with van der Waals surface area (Å²) in [7, 11) is 1.70. The molecule has 16 heavy (non-hydrogen) atoms. The standard InChI is InChI=1S/C9H11ClN2O2S2/c1-4-7-8(16(10,13)14)12-5(2)6(3)15-9(12)11-7/h4H2,1-3H3. The number of aromatic nitrogens is 2. The number of imidazole rings is 1. The third-order valence-corrected chi connectivity index (χ3v) is 4.90. The summed E-state index contributed by atoms with van der Waals surface area (Å²) >= 11 is 1.47.